The monoisotopic (exact) mass is 322 g/mol. The van der Waals surface area contributed by atoms with Gasteiger partial charge in [-0.25, -0.2) is 4.79 Å². The summed E-state index contributed by atoms with van der Waals surface area (Å²) in [4.78, 5) is 13.4. The van der Waals surface area contributed by atoms with E-state index in [1.165, 1.54) is 4.90 Å². The van der Waals surface area contributed by atoms with Gasteiger partial charge in [0.15, 0.2) is 6.10 Å². The maximum Gasteiger partial charge on any atom is 0.335 e. The summed E-state index contributed by atoms with van der Waals surface area (Å²) < 4.78 is 16.8. The van der Waals surface area contributed by atoms with Gasteiger partial charge in [0.1, 0.15) is 6.10 Å². The standard InChI is InChI=1S/C17H22O4S/c1-12(20-11-13-5-4-9-19-13)17(18)21-15-8-10-22-16-7-3-2-6-14(15)16/h2-3,6-7,12-13,15H,4-5,8-11H2,1H3/t12-,13+,15-/m0/s1. The van der Waals surface area contributed by atoms with E-state index in [4.69, 9.17) is 14.2 Å². The van der Waals surface area contributed by atoms with E-state index in [2.05, 4.69) is 6.07 Å². The van der Waals surface area contributed by atoms with Crippen LogP contribution in [0.4, 0.5) is 0 Å². The van der Waals surface area contributed by atoms with E-state index < -0.39 is 6.10 Å². The first-order valence-corrected chi connectivity index (χ1v) is 8.88. The Hall–Kier alpha value is -1.04. The molecule has 2 heterocycles. The molecule has 5 heteroatoms. The second-order valence-corrected chi connectivity index (χ2v) is 6.85. The number of thioether (sulfide) groups is 1. The summed E-state index contributed by atoms with van der Waals surface area (Å²) in [5.74, 6) is 0.685. The van der Waals surface area contributed by atoms with Crippen LogP contribution >= 0.6 is 11.8 Å². The molecule has 0 bridgehead atoms. The number of esters is 1. The van der Waals surface area contributed by atoms with Crippen LogP contribution in [-0.2, 0) is 19.0 Å². The van der Waals surface area contributed by atoms with E-state index in [-0.39, 0.29) is 18.2 Å². The maximum atomic E-state index is 12.2. The van der Waals surface area contributed by atoms with Crippen molar-refractivity contribution in [1.82, 2.24) is 0 Å². The third-order valence-corrected chi connectivity index (χ3v) is 5.17. The van der Waals surface area contributed by atoms with Gasteiger partial charge in [-0.15, -0.1) is 11.8 Å². The van der Waals surface area contributed by atoms with Gasteiger partial charge in [-0.05, 0) is 32.3 Å². The van der Waals surface area contributed by atoms with E-state index in [0.717, 1.165) is 37.2 Å². The van der Waals surface area contributed by atoms with E-state index in [9.17, 15) is 4.79 Å². The van der Waals surface area contributed by atoms with E-state index in [1.54, 1.807) is 6.92 Å². The molecule has 2 aliphatic rings. The fourth-order valence-corrected chi connectivity index (χ4v) is 3.86. The average molecular weight is 322 g/mol. The summed E-state index contributed by atoms with van der Waals surface area (Å²) in [6, 6.07) is 8.13. The Morgan fingerprint density at radius 3 is 3.09 bits per heavy atom. The smallest absolute Gasteiger partial charge is 0.335 e. The Morgan fingerprint density at radius 1 is 1.41 bits per heavy atom. The highest BCUT2D eigenvalue weighted by atomic mass is 32.2. The third-order valence-electron chi connectivity index (χ3n) is 4.05. The van der Waals surface area contributed by atoms with Gasteiger partial charge in [-0.1, -0.05) is 18.2 Å². The highest BCUT2D eigenvalue weighted by Crippen LogP contribution is 2.38. The minimum Gasteiger partial charge on any atom is -0.456 e. The van der Waals surface area contributed by atoms with Crippen molar-refractivity contribution in [3.05, 3.63) is 29.8 Å². The molecule has 4 nitrogen and oxygen atoms in total. The molecule has 22 heavy (non-hydrogen) atoms. The zero-order chi connectivity index (χ0) is 15.4. The fourth-order valence-electron chi connectivity index (χ4n) is 2.76. The zero-order valence-corrected chi connectivity index (χ0v) is 13.6. The molecule has 0 radical (unpaired) electrons. The number of hydrogen-bond donors (Lipinski definition) is 0. The van der Waals surface area contributed by atoms with Crippen LogP contribution in [0.1, 0.15) is 37.9 Å². The van der Waals surface area contributed by atoms with Gasteiger partial charge in [-0.3, -0.25) is 0 Å². The lowest BCUT2D eigenvalue weighted by molar-refractivity contribution is -0.164. The molecule has 0 amide bonds. The largest absolute Gasteiger partial charge is 0.456 e. The van der Waals surface area contributed by atoms with E-state index in [0.29, 0.717) is 6.61 Å². The molecule has 0 aromatic heterocycles. The second kappa shape index (κ2) is 7.49. The van der Waals surface area contributed by atoms with E-state index >= 15 is 0 Å². The van der Waals surface area contributed by atoms with Crippen molar-refractivity contribution in [3.8, 4) is 0 Å². The van der Waals surface area contributed by atoms with Crippen molar-refractivity contribution in [2.75, 3.05) is 19.0 Å². The molecule has 0 spiro atoms. The van der Waals surface area contributed by atoms with Crippen molar-refractivity contribution < 1.29 is 19.0 Å². The van der Waals surface area contributed by atoms with Gasteiger partial charge < -0.3 is 14.2 Å². The summed E-state index contributed by atoms with van der Waals surface area (Å²) in [5.41, 5.74) is 1.11. The van der Waals surface area contributed by atoms with Gasteiger partial charge in [0, 0.05) is 22.8 Å². The molecular weight excluding hydrogens is 300 g/mol. The highest BCUT2D eigenvalue weighted by Gasteiger charge is 2.27. The lowest BCUT2D eigenvalue weighted by Gasteiger charge is -2.26. The van der Waals surface area contributed by atoms with Crippen LogP contribution in [0.5, 0.6) is 0 Å². The molecule has 1 fully saturated rings. The lowest BCUT2D eigenvalue weighted by atomic mass is 10.1. The minimum atomic E-state index is -0.550. The Kier molecular flexibility index (Phi) is 5.39. The molecule has 3 rings (SSSR count). The molecule has 1 aromatic rings. The first-order chi connectivity index (χ1) is 10.7. The second-order valence-electron chi connectivity index (χ2n) is 5.71. The number of ether oxygens (including phenoxy) is 3. The summed E-state index contributed by atoms with van der Waals surface area (Å²) in [7, 11) is 0. The van der Waals surface area contributed by atoms with Crippen molar-refractivity contribution in [3.63, 3.8) is 0 Å². The number of carbonyl (C=O) groups is 1. The van der Waals surface area contributed by atoms with Crippen LogP contribution < -0.4 is 0 Å². The first-order valence-electron chi connectivity index (χ1n) is 7.89. The highest BCUT2D eigenvalue weighted by molar-refractivity contribution is 7.99. The molecule has 0 unspecified atom stereocenters. The minimum absolute atomic E-state index is 0.127. The van der Waals surface area contributed by atoms with Gasteiger partial charge in [0.05, 0.1) is 12.7 Å². The van der Waals surface area contributed by atoms with Crippen molar-refractivity contribution >= 4 is 17.7 Å². The molecule has 0 aliphatic carbocycles. The van der Waals surface area contributed by atoms with Crippen LogP contribution in [0.2, 0.25) is 0 Å². The quantitative estimate of drug-likeness (QED) is 0.778. The van der Waals surface area contributed by atoms with E-state index in [1.807, 2.05) is 30.0 Å². The Bertz CT molecular complexity index is 513. The SMILES string of the molecule is C[C@H](OC[C@H]1CCCO1)C(=O)O[C@H]1CCSc2ccccc21. The van der Waals surface area contributed by atoms with Gasteiger partial charge in [0.25, 0.3) is 0 Å². The lowest BCUT2D eigenvalue weighted by Crippen LogP contribution is -2.29. The van der Waals surface area contributed by atoms with Gasteiger partial charge in [0.2, 0.25) is 0 Å². The first kappa shape index (κ1) is 15.8. The Morgan fingerprint density at radius 2 is 2.27 bits per heavy atom. The summed E-state index contributed by atoms with van der Waals surface area (Å²) in [6.45, 7) is 3.01. The summed E-state index contributed by atoms with van der Waals surface area (Å²) in [5, 5.41) is 0. The van der Waals surface area contributed by atoms with Crippen molar-refractivity contribution in [2.45, 2.75) is 49.4 Å². The molecule has 3 atom stereocenters. The third kappa shape index (κ3) is 3.83. The zero-order valence-electron chi connectivity index (χ0n) is 12.8. The molecule has 1 saturated heterocycles. The van der Waals surface area contributed by atoms with Crippen molar-refractivity contribution in [2.24, 2.45) is 0 Å². The Labute approximate surface area is 135 Å². The number of carbonyl (C=O) groups excluding carboxylic acids is 1. The van der Waals surface area contributed by atoms with Gasteiger partial charge >= 0.3 is 5.97 Å². The van der Waals surface area contributed by atoms with Crippen LogP contribution in [0.25, 0.3) is 0 Å². The van der Waals surface area contributed by atoms with Gasteiger partial charge in [-0.2, -0.15) is 0 Å². The van der Waals surface area contributed by atoms with Crippen LogP contribution in [-0.4, -0.2) is 37.1 Å². The summed E-state index contributed by atoms with van der Waals surface area (Å²) >= 11 is 1.82. The van der Waals surface area contributed by atoms with Crippen LogP contribution in [0.15, 0.2) is 29.2 Å². The predicted molar refractivity (Wildman–Crippen MR) is 85.0 cm³/mol. The Balaban J connectivity index is 1.53. The number of hydrogen-bond acceptors (Lipinski definition) is 5. The van der Waals surface area contributed by atoms with Crippen LogP contribution in [0, 0.1) is 0 Å². The van der Waals surface area contributed by atoms with Crippen LogP contribution in [0.3, 0.4) is 0 Å². The number of benzene rings is 1. The fraction of sp³-hybridized carbons (Fsp3) is 0.588. The van der Waals surface area contributed by atoms with Crippen molar-refractivity contribution in [1.29, 1.82) is 0 Å². The molecule has 0 saturated carbocycles. The molecule has 1 aromatic carbocycles. The predicted octanol–water partition coefficient (Wildman–Crippen LogP) is 3.35. The number of rotatable bonds is 5. The molecular formula is C17H22O4S. The summed E-state index contributed by atoms with van der Waals surface area (Å²) in [6.07, 6.45) is 2.36. The topological polar surface area (TPSA) is 44.8 Å². The molecule has 120 valence electrons. The normalized spacial score (nSPS) is 25.5. The number of fused-ring (bicyclic) bond motifs is 1. The molecule has 2 aliphatic heterocycles. The average Bonchev–Trinajstić information content (AvgIpc) is 3.06. The molecule has 0 N–H and O–H groups in total. The maximum absolute atomic E-state index is 12.2.